The third-order valence-corrected chi connectivity index (χ3v) is 2.33. The van der Waals surface area contributed by atoms with Crippen LogP contribution in [0.2, 0.25) is 0 Å². The number of hydrogen-bond acceptors (Lipinski definition) is 3. The lowest BCUT2D eigenvalue weighted by Gasteiger charge is -2.04. The maximum atomic E-state index is 12.9. The van der Waals surface area contributed by atoms with Gasteiger partial charge in [-0.25, -0.2) is 14.4 Å². The molecule has 0 fully saturated rings. The van der Waals surface area contributed by atoms with Gasteiger partial charge in [-0.15, -0.1) is 0 Å². The standard InChI is InChI=1S/C10H5BrF2N2O/c11-7-3-6(1-2-8(7)12)16-10-4-9(13)14-5-15-10/h1-5H. The number of hydrogen-bond donors (Lipinski definition) is 0. The second-order valence-corrected chi connectivity index (χ2v) is 3.71. The first-order chi connectivity index (χ1) is 7.65. The molecule has 2 rings (SSSR count). The molecule has 0 spiro atoms. The zero-order valence-corrected chi connectivity index (χ0v) is 9.41. The van der Waals surface area contributed by atoms with Gasteiger partial charge in [0.1, 0.15) is 17.9 Å². The Labute approximate surface area is 98.2 Å². The number of halogens is 3. The van der Waals surface area contributed by atoms with Gasteiger partial charge in [0.2, 0.25) is 11.8 Å². The van der Waals surface area contributed by atoms with E-state index in [9.17, 15) is 8.78 Å². The number of benzene rings is 1. The van der Waals surface area contributed by atoms with Crippen molar-refractivity contribution < 1.29 is 13.5 Å². The van der Waals surface area contributed by atoms with E-state index in [1.165, 1.54) is 18.2 Å². The minimum Gasteiger partial charge on any atom is -0.439 e. The first-order valence-electron chi connectivity index (χ1n) is 4.25. The summed E-state index contributed by atoms with van der Waals surface area (Å²) in [5.41, 5.74) is 0. The van der Waals surface area contributed by atoms with Gasteiger partial charge in [-0.3, -0.25) is 0 Å². The Hall–Kier alpha value is -1.56. The zero-order valence-electron chi connectivity index (χ0n) is 7.82. The van der Waals surface area contributed by atoms with Crippen LogP contribution in [0.25, 0.3) is 0 Å². The van der Waals surface area contributed by atoms with Crippen LogP contribution >= 0.6 is 15.9 Å². The molecule has 0 saturated heterocycles. The molecule has 2 aromatic rings. The summed E-state index contributed by atoms with van der Waals surface area (Å²) in [6.45, 7) is 0. The smallest absolute Gasteiger partial charge is 0.225 e. The van der Waals surface area contributed by atoms with Gasteiger partial charge >= 0.3 is 0 Å². The summed E-state index contributed by atoms with van der Waals surface area (Å²) in [7, 11) is 0. The molecule has 0 radical (unpaired) electrons. The van der Waals surface area contributed by atoms with Crippen molar-refractivity contribution in [3.05, 3.63) is 46.8 Å². The Kier molecular flexibility index (Phi) is 3.09. The molecule has 1 heterocycles. The molecule has 0 aliphatic rings. The van der Waals surface area contributed by atoms with Crippen molar-refractivity contribution in [2.24, 2.45) is 0 Å². The van der Waals surface area contributed by atoms with Crippen molar-refractivity contribution in [3.8, 4) is 11.6 Å². The topological polar surface area (TPSA) is 35.0 Å². The lowest BCUT2D eigenvalue weighted by molar-refractivity contribution is 0.448. The summed E-state index contributed by atoms with van der Waals surface area (Å²) >= 11 is 3.01. The van der Waals surface area contributed by atoms with Gasteiger partial charge in [0.15, 0.2) is 0 Å². The minimum absolute atomic E-state index is 0.0611. The van der Waals surface area contributed by atoms with E-state index >= 15 is 0 Å². The largest absolute Gasteiger partial charge is 0.439 e. The molecule has 1 aromatic heterocycles. The molecule has 0 amide bonds. The summed E-state index contributed by atoms with van der Waals surface area (Å²) in [6.07, 6.45) is 1.04. The molecule has 82 valence electrons. The fourth-order valence-electron chi connectivity index (χ4n) is 1.03. The molecule has 1 aromatic carbocycles. The second-order valence-electron chi connectivity index (χ2n) is 2.86. The van der Waals surface area contributed by atoms with Gasteiger partial charge in [-0.1, -0.05) is 0 Å². The van der Waals surface area contributed by atoms with Crippen LogP contribution in [0.5, 0.6) is 11.6 Å². The fraction of sp³-hybridized carbons (Fsp3) is 0. The van der Waals surface area contributed by atoms with Crippen molar-refractivity contribution >= 4 is 15.9 Å². The average molecular weight is 287 g/mol. The van der Waals surface area contributed by atoms with Crippen molar-refractivity contribution in [2.75, 3.05) is 0 Å². The SMILES string of the molecule is Fc1cc(Oc2ccc(F)c(Br)c2)ncn1. The maximum Gasteiger partial charge on any atom is 0.225 e. The van der Waals surface area contributed by atoms with E-state index in [1.807, 2.05) is 0 Å². The van der Waals surface area contributed by atoms with Crippen LogP contribution in [-0.2, 0) is 0 Å². The van der Waals surface area contributed by atoms with Crippen molar-refractivity contribution in [2.45, 2.75) is 0 Å². The molecule has 16 heavy (non-hydrogen) atoms. The van der Waals surface area contributed by atoms with Gasteiger partial charge in [0, 0.05) is 0 Å². The normalized spacial score (nSPS) is 10.2. The number of aromatic nitrogens is 2. The summed E-state index contributed by atoms with van der Waals surface area (Å²) < 4.78 is 31.1. The summed E-state index contributed by atoms with van der Waals surface area (Å²) in [6, 6.07) is 5.11. The van der Waals surface area contributed by atoms with E-state index in [0.717, 1.165) is 12.4 Å². The zero-order chi connectivity index (χ0) is 11.5. The number of ether oxygens (including phenoxy) is 1. The van der Waals surface area contributed by atoms with E-state index in [0.29, 0.717) is 5.75 Å². The van der Waals surface area contributed by atoms with Crippen molar-refractivity contribution in [3.63, 3.8) is 0 Å². The number of nitrogens with zero attached hydrogens (tertiary/aromatic N) is 2. The van der Waals surface area contributed by atoms with Crippen LogP contribution < -0.4 is 4.74 Å². The Balaban J connectivity index is 2.24. The number of rotatable bonds is 2. The van der Waals surface area contributed by atoms with Crippen LogP contribution in [0.15, 0.2) is 35.1 Å². The van der Waals surface area contributed by atoms with E-state index < -0.39 is 11.8 Å². The highest BCUT2D eigenvalue weighted by atomic mass is 79.9. The molecule has 0 bridgehead atoms. The second kappa shape index (κ2) is 4.52. The Bertz CT molecular complexity index is 522. The fourth-order valence-corrected chi connectivity index (χ4v) is 1.39. The van der Waals surface area contributed by atoms with Gasteiger partial charge in [0.05, 0.1) is 10.5 Å². The minimum atomic E-state index is -0.689. The summed E-state index contributed by atoms with van der Waals surface area (Å²) in [5.74, 6) is -0.676. The van der Waals surface area contributed by atoms with E-state index in [2.05, 4.69) is 25.9 Å². The summed E-state index contributed by atoms with van der Waals surface area (Å²) in [4.78, 5) is 6.99. The Morgan fingerprint density at radius 3 is 2.62 bits per heavy atom. The summed E-state index contributed by atoms with van der Waals surface area (Å²) in [5, 5.41) is 0. The van der Waals surface area contributed by atoms with Crippen molar-refractivity contribution in [1.29, 1.82) is 0 Å². The molecule has 3 nitrogen and oxygen atoms in total. The van der Waals surface area contributed by atoms with Gasteiger partial charge in [-0.2, -0.15) is 4.39 Å². The maximum absolute atomic E-state index is 12.9. The quantitative estimate of drug-likeness (QED) is 0.795. The van der Waals surface area contributed by atoms with Crippen LogP contribution in [0.1, 0.15) is 0 Å². The molecular weight excluding hydrogens is 282 g/mol. The van der Waals surface area contributed by atoms with Crippen LogP contribution in [-0.4, -0.2) is 9.97 Å². The Morgan fingerprint density at radius 1 is 1.12 bits per heavy atom. The average Bonchev–Trinajstić information content (AvgIpc) is 2.24. The predicted molar refractivity (Wildman–Crippen MR) is 56.2 cm³/mol. The lowest BCUT2D eigenvalue weighted by atomic mass is 10.3. The monoisotopic (exact) mass is 286 g/mol. The first kappa shape index (κ1) is 10.9. The van der Waals surface area contributed by atoms with Crippen molar-refractivity contribution in [1.82, 2.24) is 9.97 Å². The third-order valence-electron chi connectivity index (χ3n) is 1.72. The van der Waals surface area contributed by atoms with Crippen LogP contribution in [0, 0.1) is 11.8 Å². The van der Waals surface area contributed by atoms with E-state index in [4.69, 9.17) is 4.74 Å². The van der Waals surface area contributed by atoms with Gasteiger partial charge in [0.25, 0.3) is 0 Å². The van der Waals surface area contributed by atoms with E-state index in [1.54, 1.807) is 0 Å². The highest BCUT2D eigenvalue weighted by Crippen LogP contribution is 2.25. The molecule has 6 heteroatoms. The van der Waals surface area contributed by atoms with Crippen LogP contribution in [0.3, 0.4) is 0 Å². The highest BCUT2D eigenvalue weighted by molar-refractivity contribution is 9.10. The molecule has 0 saturated carbocycles. The molecule has 0 aliphatic heterocycles. The van der Waals surface area contributed by atoms with Crippen LogP contribution in [0.4, 0.5) is 8.78 Å². The lowest BCUT2D eigenvalue weighted by Crippen LogP contribution is -1.91. The molecule has 0 atom stereocenters. The molecule has 0 aliphatic carbocycles. The molecular formula is C10H5BrF2N2O. The van der Waals surface area contributed by atoms with Gasteiger partial charge < -0.3 is 4.74 Å². The predicted octanol–water partition coefficient (Wildman–Crippen LogP) is 3.31. The Morgan fingerprint density at radius 2 is 1.94 bits per heavy atom. The highest BCUT2D eigenvalue weighted by Gasteiger charge is 2.04. The third kappa shape index (κ3) is 2.52. The first-order valence-corrected chi connectivity index (χ1v) is 5.05. The van der Waals surface area contributed by atoms with Gasteiger partial charge in [-0.05, 0) is 34.1 Å². The molecule has 0 unspecified atom stereocenters. The van der Waals surface area contributed by atoms with E-state index in [-0.39, 0.29) is 10.4 Å². The molecule has 0 N–H and O–H groups in total.